The van der Waals surface area contributed by atoms with Gasteiger partial charge in [-0.25, -0.2) is 9.97 Å². The van der Waals surface area contributed by atoms with Crippen LogP contribution in [0, 0.1) is 5.92 Å². The number of benzene rings is 1. The van der Waals surface area contributed by atoms with Gasteiger partial charge in [0.05, 0.1) is 10.7 Å². The van der Waals surface area contributed by atoms with Crippen LogP contribution in [0.5, 0.6) is 0 Å². The van der Waals surface area contributed by atoms with E-state index in [9.17, 15) is 0 Å². The molecule has 3 rings (SSSR count). The van der Waals surface area contributed by atoms with Crippen molar-refractivity contribution in [1.82, 2.24) is 9.97 Å². The Bertz CT molecular complexity index is 656. The van der Waals surface area contributed by atoms with E-state index in [1.165, 1.54) is 12.8 Å². The van der Waals surface area contributed by atoms with Crippen molar-refractivity contribution in [2.45, 2.75) is 26.2 Å². The molecule has 116 valence electrons. The zero-order valence-electron chi connectivity index (χ0n) is 12.6. The van der Waals surface area contributed by atoms with E-state index >= 15 is 0 Å². The van der Waals surface area contributed by atoms with Gasteiger partial charge in [-0.1, -0.05) is 30.1 Å². The first-order chi connectivity index (χ1) is 10.7. The number of hydrogen-bond acceptors (Lipinski definition) is 3. The highest BCUT2D eigenvalue weighted by Gasteiger charge is 2.25. The van der Waals surface area contributed by atoms with E-state index in [1.54, 1.807) is 12.3 Å². The fraction of sp³-hybridized carbons (Fsp3) is 0.412. The Balaban J connectivity index is 1.90. The number of anilines is 1. The van der Waals surface area contributed by atoms with E-state index < -0.39 is 0 Å². The van der Waals surface area contributed by atoms with E-state index in [-0.39, 0.29) is 0 Å². The van der Waals surface area contributed by atoms with Gasteiger partial charge in [0.15, 0.2) is 0 Å². The van der Waals surface area contributed by atoms with Gasteiger partial charge >= 0.3 is 0 Å². The maximum absolute atomic E-state index is 6.29. The van der Waals surface area contributed by atoms with Gasteiger partial charge in [-0.3, -0.25) is 0 Å². The van der Waals surface area contributed by atoms with Crippen molar-refractivity contribution >= 4 is 29.2 Å². The Labute approximate surface area is 141 Å². The van der Waals surface area contributed by atoms with Gasteiger partial charge in [0.25, 0.3) is 0 Å². The molecule has 0 bridgehead atoms. The van der Waals surface area contributed by atoms with Crippen molar-refractivity contribution in [2.75, 3.05) is 18.0 Å². The Hall–Kier alpha value is -1.32. The first kappa shape index (κ1) is 15.6. The lowest BCUT2D eigenvalue weighted by Gasteiger charge is -2.22. The molecule has 0 amide bonds. The molecule has 1 fully saturated rings. The first-order valence-corrected chi connectivity index (χ1v) is 8.46. The fourth-order valence-electron chi connectivity index (χ4n) is 2.50. The van der Waals surface area contributed by atoms with Crippen molar-refractivity contribution in [3.8, 4) is 11.3 Å². The Morgan fingerprint density at radius 1 is 1.23 bits per heavy atom. The average Bonchev–Trinajstić information content (AvgIpc) is 3.31. The topological polar surface area (TPSA) is 29.0 Å². The lowest BCUT2D eigenvalue weighted by molar-refractivity contribution is 0.689. The minimum absolute atomic E-state index is 0.612. The molecule has 2 aromatic rings. The number of halogens is 2. The molecule has 0 spiro atoms. The monoisotopic (exact) mass is 335 g/mol. The Morgan fingerprint density at radius 2 is 2.05 bits per heavy atom. The summed E-state index contributed by atoms with van der Waals surface area (Å²) in [7, 11) is 0. The first-order valence-electron chi connectivity index (χ1n) is 7.70. The summed E-state index contributed by atoms with van der Waals surface area (Å²) in [5, 5.41) is 1.24. The van der Waals surface area contributed by atoms with Crippen molar-refractivity contribution in [3.63, 3.8) is 0 Å². The minimum atomic E-state index is 0.612. The molecule has 1 aromatic heterocycles. The average molecular weight is 336 g/mol. The van der Waals surface area contributed by atoms with Crippen molar-refractivity contribution < 1.29 is 0 Å². The van der Waals surface area contributed by atoms with Crippen LogP contribution in [0.4, 0.5) is 5.95 Å². The quantitative estimate of drug-likeness (QED) is 0.737. The molecule has 1 aromatic carbocycles. The van der Waals surface area contributed by atoms with Gasteiger partial charge in [-0.15, -0.1) is 0 Å². The summed E-state index contributed by atoms with van der Waals surface area (Å²) < 4.78 is 0. The van der Waals surface area contributed by atoms with Gasteiger partial charge in [-0.05, 0) is 49.4 Å². The third kappa shape index (κ3) is 3.71. The van der Waals surface area contributed by atoms with Crippen molar-refractivity contribution in [3.05, 3.63) is 40.5 Å². The third-order valence-electron chi connectivity index (χ3n) is 3.80. The van der Waals surface area contributed by atoms with Crippen LogP contribution in [0.3, 0.4) is 0 Å². The van der Waals surface area contributed by atoms with Gasteiger partial charge in [0, 0.05) is 29.9 Å². The van der Waals surface area contributed by atoms with Crippen LogP contribution in [0.1, 0.15) is 26.2 Å². The predicted molar refractivity (Wildman–Crippen MR) is 92.7 cm³/mol. The summed E-state index contributed by atoms with van der Waals surface area (Å²) in [5.41, 5.74) is 1.72. The maximum atomic E-state index is 6.29. The lowest BCUT2D eigenvalue weighted by atomic mass is 10.1. The molecule has 1 aliphatic carbocycles. The third-order valence-corrected chi connectivity index (χ3v) is 4.35. The highest BCUT2D eigenvalue weighted by atomic mass is 35.5. The van der Waals surface area contributed by atoms with Gasteiger partial charge in [0.1, 0.15) is 0 Å². The SMILES string of the molecule is CCCN(CC1CC1)c1nccc(-c2ccc(Cl)cc2Cl)n1. The Kier molecular flexibility index (Phi) is 4.84. The van der Waals surface area contributed by atoms with Gasteiger partial charge < -0.3 is 4.90 Å². The largest absolute Gasteiger partial charge is 0.341 e. The summed E-state index contributed by atoms with van der Waals surface area (Å²) >= 11 is 12.3. The normalized spacial score (nSPS) is 14.1. The zero-order valence-corrected chi connectivity index (χ0v) is 14.1. The number of nitrogens with zero attached hydrogens (tertiary/aromatic N) is 3. The van der Waals surface area contributed by atoms with Crippen LogP contribution in [0.2, 0.25) is 10.0 Å². The van der Waals surface area contributed by atoms with Crippen LogP contribution in [-0.4, -0.2) is 23.1 Å². The van der Waals surface area contributed by atoms with Gasteiger partial charge in [0.2, 0.25) is 5.95 Å². The molecule has 3 nitrogen and oxygen atoms in total. The smallest absolute Gasteiger partial charge is 0.225 e. The van der Waals surface area contributed by atoms with Crippen LogP contribution < -0.4 is 4.90 Å². The predicted octanol–water partition coefficient (Wildman–Crippen LogP) is 5.08. The van der Waals surface area contributed by atoms with E-state index in [1.807, 2.05) is 18.2 Å². The zero-order chi connectivity index (χ0) is 15.5. The van der Waals surface area contributed by atoms with Crippen LogP contribution in [0.15, 0.2) is 30.5 Å². The molecule has 0 unspecified atom stereocenters. The van der Waals surface area contributed by atoms with Crippen LogP contribution in [-0.2, 0) is 0 Å². The van der Waals surface area contributed by atoms with Crippen molar-refractivity contribution in [2.24, 2.45) is 5.92 Å². The molecule has 1 heterocycles. The van der Waals surface area contributed by atoms with E-state index in [0.717, 1.165) is 42.6 Å². The van der Waals surface area contributed by atoms with Crippen LogP contribution >= 0.6 is 23.2 Å². The molecule has 0 saturated heterocycles. The molecule has 0 atom stereocenters. The number of rotatable bonds is 6. The number of aromatic nitrogens is 2. The highest BCUT2D eigenvalue weighted by Crippen LogP contribution is 2.32. The van der Waals surface area contributed by atoms with Gasteiger partial charge in [-0.2, -0.15) is 0 Å². The van der Waals surface area contributed by atoms with Crippen molar-refractivity contribution in [1.29, 1.82) is 0 Å². The minimum Gasteiger partial charge on any atom is -0.341 e. The van der Waals surface area contributed by atoms with E-state index in [4.69, 9.17) is 28.2 Å². The molecule has 5 heteroatoms. The molecular formula is C17H19Cl2N3. The van der Waals surface area contributed by atoms with E-state index in [2.05, 4.69) is 16.8 Å². The second kappa shape index (κ2) is 6.84. The summed E-state index contributed by atoms with van der Waals surface area (Å²) in [6.07, 6.45) is 5.53. The fourth-order valence-corrected chi connectivity index (χ4v) is 3.01. The molecule has 1 aliphatic rings. The standard InChI is InChI=1S/C17H19Cl2N3/c1-2-9-22(11-12-3-4-12)17-20-8-7-16(21-17)14-6-5-13(18)10-15(14)19/h5-8,10,12H,2-4,9,11H2,1H3. The van der Waals surface area contributed by atoms with E-state index in [0.29, 0.717) is 10.0 Å². The molecule has 0 N–H and O–H groups in total. The summed E-state index contributed by atoms with van der Waals surface area (Å²) in [6, 6.07) is 7.37. The molecule has 22 heavy (non-hydrogen) atoms. The summed E-state index contributed by atoms with van der Waals surface area (Å²) in [5.74, 6) is 1.59. The summed E-state index contributed by atoms with van der Waals surface area (Å²) in [6.45, 7) is 4.21. The molecule has 1 saturated carbocycles. The molecular weight excluding hydrogens is 317 g/mol. The molecule has 0 aliphatic heterocycles. The van der Waals surface area contributed by atoms with Crippen LogP contribution in [0.25, 0.3) is 11.3 Å². The Morgan fingerprint density at radius 3 is 2.73 bits per heavy atom. The maximum Gasteiger partial charge on any atom is 0.225 e. The highest BCUT2D eigenvalue weighted by molar-refractivity contribution is 6.36. The lowest BCUT2D eigenvalue weighted by Crippen LogP contribution is -2.28. The number of hydrogen-bond donors (Lipinski definition) is 0. The summed E-state index contributed by atoms with van der Waals surface area (Å²) in [4.78, 5) is 11.5. The second-order valence-electron chi connectivity index (χ2n) is 5.76. The second-order valence-corrected chi connectivity index (χ2v) is 6.60. The molecule has 0 radical (unpaired) electrons.